The minimum atomic E-state index is 0.345. The molecule has 0 amide bonds. The van der Waals surface area contributed by atoms with Crippen molar-refractivity contribution in [3.63, 3.8) is 0 Å². The van der Waals surface area contributed by atoms with Gasteiger partial charge in [-0.25, -0.2) is 0 Å². The molecule has 0 N–H and O–H groups in total. The van der Waals surface area contributed by atoms with E-state index in [9.17, 15) is 0 Å². The molecular formula is C14H20. The first-order chi connectivity index (χ1) is 6.63. The topological polar surface area (TPSA) is 0 Å². The van der Waals surface area contributed by atoms with Crippen molar-refractivity contribution in [1.82, 2.24) is 0 Å². The Kier molecular flexibility index (Phi) is 2.38. The van der Waals surface area contributed by atoms with Gasteiger partial charge in [-0.2, -0.15) is 0 Å². The lowest BCUT2D eigenvalue weighted by Gasteiger charge is -2.24. The molecule has 0 heterocycles. The third-order valence-corrected chi connectivity index (χ3v) is 3.76. The first-order valence-corrected chi connectivity index (χ1v) is 5.76. The molecule has 1 aromatic carbocycles. The van der Waals surface area contributed by atoms with Crippen molar-refractivity contribution in [2.45, 2.75) is 51.9 Å². The van der Waals surface area contributed by atoms with E-state index in [0.29, 0.717) is 5.41 Å². The van der Waals surface area contributed by atoms with Gasteiger partial charge in [0.1, 0.15) is 0 Å². The fourth-order valence-electron chi connectivity index (χ4n) is 2.20. The predicted molar refractivity (Wildman–Crippen MR) is 61.8 cm³/mol. The van der Waals surface area contributed by atoms with Gasteiger partial charge in [-0.05, 0) is 47.8 Å². The number of benzene rings is 1. The molecule has 0 saturated carbocycles. The average molecular weight is 188 g/mol. The van der Waals surface area contributed by atoms with Crippen LogP contribution < -0.4 is 0 Å². The molecule has 0 nitrogen and oxygen atoms in total. The van der Waals surface area contributed by atoms with E-state index >= 15 is 0 Å². The molecule has 2 rings (SSSR count). The van der Waals surface area contributed by atoms with Crippen molar-refractivity contribution in [3.05, 3.63) is 34.9 Å². The summed E-state index contributed by atoms with van der Waals surface area (Å²) in [5, 5.41) is 0. The van der Waals surface area contributed by atoms with Gasteiger partial charge in [-0.15, -0.1) is 0 Å². The lowest BCUT2D eigenvalue weighted by molar-refractivity contribution is 0.506. The zero-order chi connectivity index (χ0) is 10.2. The second-order valence-electron chi connectivity index (χ2n) is 5.07. The van der Waals surface area contributed by atoms with Crippen LogP contribution in [-0.2, 0) is 18.3 Å². The van der Waals surface area contributed by atoms with Crippen LogP contribution in [0.2, 0.25) is 0 Å². The molecule has 1 aliphatic rings. The van der Waals surface area contributed by atoms with Crippen molar-refractivity contribution in [3.8, 4) is 0 Å². The Morgan fingerprint density at radius 3 is 2.57 bits per heavy atom. The van der Waals surface area contributed by atoms with E-state index in [2.05, 4.69) is 39.0 Å². The summed E-state index contributed by atoms with van der Waals surface area (Å²) in [7, 11) is 0. The number of fused-ring (bicyclic) bond motifs is 1. The standard InChI is InChI=1S/C14H20/c1-4-14(2,3)13-9-8-11-6-5-7-12(11)10-13/h8-10H,4-7H2,1-3H3. The maximum atomic E-state index is 2.44. The van der Waals surface area contributed by atoms with Gasteiger partial charge in [0.2, 0.25) is 0 Å². The van der Waals surface area contributed by atoms with E-state index in [1.165, 1.54) is 31.2 Å². The summed E-state index contributed by atoms with van der Waals surface area (Å²) in [4.78, 5) is 0. The molecule has 0 bridgehead atoms. The minimum Gasteiger partial charge on any atom is -0.0646 e. The number of hydrogen-bond acceptors (Lipinski definition) is 0. The highest BCUT2D eigenvalue weighted by atomic mass is 14.2. The number of rotatable bonds is 2. The Balaban J connectivity index is 2.38. The highest BCUT2D eigenvalue weighted by Gasteiger charge is 2.20. The van der Waals surface area contributed by atoms with E-state index < -0.39 is 0 Å². The Hall–Kier alpha value is -0.780. The highest BCUT2D eigenvalue weighted by molar-refractivity contribution is 5.38. The van der Waals surface area contributed by atoms with Crippen molar-refractivity contribution in [2.75, 3.05) is 0 Å². The van der Waals surface area contributed by atoms with Gasteiger partial charge in [0.15, 0.2) is 0 Å². The van der Waals surface area contributed by atoms with Gasteiger partial charge >= 0.3 is 0 Å². The van der Waals surface area contributed by atoms with Crippen molar-refractivity contribution in [1.29, 1.82) is 0 Å². The van der Waals surface area contributed by atoms with Gasteiger partial charge in [-0.3, -0.25) is 0 Å². The van der Waals surface area contributed by atoms with Crippen LogP contribution in [0.3, 0.4) is 0 Å². The highest BCUT2D eigenvalue weighted by Crippen LogP contribution is 2.31. The van der Waals surface area contributed by atoms with Gasteiger partial charge in [0.05, 0.1) is 0 Å². The number of hydrogen-bond donors (Lipinski definition) is 0. The first kappa shape index (κ1) is 9.76. The maximum absolute atomic E-state index is 2.44. The lowest BCUT2D eigenvalue weighted by atomic mass is 9.81. The Morgan fingerprint density at radius 2 is 1.86 bits per heavy atom. The summed E-state index contributed by atoms with van der Waals surface area (Å²) in [5.74, 6) is 0. The van der Waals surface area contributed by atoms with Crippen LogP contribution in [0.25, 0.3) is 0 Å². The van der Waals surface area contributed by atoms with Crippen LogP contribution in [0.4, 0.5) is 0 Å². The van der Waals surface area contributed by atoms with Gasteiger partial charge in [0, 0.05) is 0 Å². The van der Waals surface area contributed by atoms with Crippen LogP contribution in [0, 0.1) is 0 Å². The molecule has 0 saturated heterocycles. The van der Waals surface area contributed by atoms with E-state index in [1.807, 2.05) is 0 Å². The van der Waals surface area contributed by atoms with Crippen molar-refractivity contribution >= 4 is 0 Å². The van der Waals surface area contributed by atoms with E-state index in [-0.39, 0.29) is 0 Å². The van der Waals surface area contributed by atoms with E-state index in [0.717, 1.165) is 0 Å². The van der Waals surface area contributed by atoms with Crippen LogP contribution in [0.15, 0.2) is 18.2 Å². The normalized spacial score (nSPS) is 15.6. The molecule has 0 unspecified atom stereocenters. The molecule has 0 fully saturated rings. The van der Waals surface area contributed by atoms with Crippen LogP contribution in [0.5, 0.6) is 0 Å². The molecule has 0 atom stereocenters. The monoisotopic (exact) mass is 188 g/mol. The molecule has 1 aliphatic carbocycles. The fourth-order valence-corrected chi connectivity index (χ4v) is 2.20. The van der Waals surface area contributed by atoms with Gasteiger partial charge in [-0.1, -0.05) is 39.0 Å². The largest absolute Gasteiger partial charge is 0.0646 e. The Morgan fingerprint density at radius 1 is 1.14 bits per heavy atom. The summed E-state index contributed by atoms with van der Waals surface area (Å²) in [5.41, 5.74) is 5.04. The quantitative estimate of drug-likeness (QED) is 0.661. The van der Waals surface area contributed by atoms with Crippen LogP contribution in [0.1, 0.15) is 50.3 Å². The molecule has 0 aliphatic heterocycles. The zero-order valence-electron chi connectivity index (χ0n) is 9.56. The maximum Gasteiger partial charge on any atom is -0.0106 e. The molecule has 0 spiro atoms. The summed E-state index contributed by atoms with van der Waals surface area (Å²) in [6.07, 6.45) is 5.16. The van der Waals surface area contributed by atoms with Crippen LogP contribution >= 0.6 is 0 Å². The predicted octanol–water partition coefficient (Wildman–Crippen LogP) is 3.86. The molecule has 1 aromatic rings. The number of aryl methyl sites for hydroxylation is 2. The van der Waals surface area contributed by atoms with Crippen LogP contribution in [-0.4, -0.2) is 0 Å². The smallest absolute Gasteiger partial charge is 0.0106 e. The van der Waals surface area contributed by atoms with Crippen molar-refractivity contribution in [2.24, 2.45) is 0 Å². The first-order valence-electron chi connectivity index (χ1n) is 5.76. The fraction of sp³-hybridized carbons (Fsp3) is 0.571. The summed E-state index contributed by atoms with van der Waals surface area (Å²) in [6, 6.07) is 7.11. The van der Waals surface area contributed by atoms with Crippen molar-refractivity contribution < 1.29 is 0 Å². The Bertz CT molecular complexity index is 334. The Labute approximate surface area is 87.3 Å². The van der Waals surface area contributed by atoms with E-state index in [4.69, 9.17) is 0 Å². The third-order valence-electron chi connectivity index (χ3n) is 3.76. The summed E-state index contributed by atoms with van der Waals surface area (Å²) in [6.45, 7) is 6.95. The summed E-state index contributed by atoms with van der Waals surface area (Å²) < 4.78 is 0. The third kappa shape index (κ3) is 1.58. The molecule has 0 aromatic heterocycles. The zero-order valence-corrected chi connectivity index (χ0v) is 9.56. The van der Waals surface area contributed by atoms with Gasteiger partial charge < -0.3 is 0 Å². The van der Waals surface area contributed by atoms with E-state index in [1.54, 1.807) is 11.1 Å². The lowest BCUT2D eigenvalue weighted by Crippen LogP contribution is -2.15. The second-order valence-corrected chi connectivity index (χ2v) is 5.07. The SMILES string of the molecule is CCC(C)(C)c1ccc2c(c1)CCC2. The molecule has 0 radical (unpaired) electrons. The molecular weight excluding hydrogens is 168 g/mol. The molecule has 0 heteroatoms. The second kappa shape index (κ2) is 3.42. The minimum absolute atomic E-state index is 0.345. The average Bonchev–Trinajstić information content (AvgIpc) is 2.64. The van der Waals surface area contributed by atoms with Gasteiger partial charge in [0.25, 0.3) is 0 Å². The molecule has 76 valence electrons. The summed E-state index contributed by atoms with van der Waals surface area (Å²) >= 11 is 0. The molecule has 14 heavy (non-hydrogen) atoms.